The van der Waals surface area contributed by atoms with Gasteiger partial charge in [-0.25, -0.2) is 0 Å². The minimum Gasteiger partial charge on any atom is -0.382 e. The fraction of sp³-hybridized carbons (Fsp3) is 0.250. The standard InChI is InChI=1S/C16H15ClF3NO/c17-13-6-8-14(9-7-13)21(11-15(22)16(18,19)20)10-12-4-2-1-3-5-12/h1-9,15,22H,10-11H2. The first kappa shape index (κ1) is 16.6. The van der Waals surface area contributed by atoms with Crippen LogP contribution in [0.15, 0.2) is 54.6 Å². The average molecular weight is 330 g/mol. The molecule has 0 fully saturated rings. The lowest BCUT2D eigenvalue weighted by molar-refractivity contribution is -0.200. The number of alkyl halides is 3. The van der Waals surface area contributed by atoms with Crippen molar-refractivity contribution in [3.05, 3.63) is 65.2 Å². The van der Waals surface area contributed by atoms with Crippen LogP contribution >= 0.6 is 11.6 Å². The molecule has 2 aromatic carbocycles. The lowest BCUT2D eigenvalue weighted by atomic mass is 10.1. The van der Waals surface area contributed by atoms with Crippen molar-refractivity contribution >= 4 is 17.3 Å². The predicted molar refractivity (Wildman–Crippen MR) is 81.0 cm³/mol. The fourth-order valence-electron chi connectivity index (χ4n) is 2.03. The molecule has 0 spiro atoms. The number of halogens is 4. The summed E-state index contributed by atoms with van der Waals surface area (Å²) in [5, 5.41) is 9.86. The van der Waals surface area contributed by atoms with E-state index in [2.05, 4.69) is 0 Å². The van der Waals surface area contributed by atoms with Crippen molar-refractivity contribution < 1.29 is 18.3 Å². The smallest absolute Gasteiger partial charge is 0.382 e. The second-order valence-electron chi connectivity index (χ2n) is 4.90. The maximum Gasteiger partial charge on any atom is 0.416 e. The summed E-state index contributed by atoms with van der Waals surface area (Å²) in [5.41, 5.74) is 1.42. The third-order valence-electron chi connectivity index (χ3n) is 3.18. The van der Waals surface area contributed by atoms with Crippen molar-refractivity contribution in [2.24, 2.45) is 0 Å². The van der Waals surface area contributed by atoms with Gasteiger partial charge in [0.2, 0.25) is 0 Å². The molecule has 2 rings (SSSR count). The number of aliphatic hydroxyl groups is 1. The van der Waals surface area contributed by atoms with Crippen LogP contribution in [0.2, 0.25) is 5.02 Å². The first-order valence-corrected chi connectivity index (χ1v) is 7.03. The SMILES string of the molecule is OC(CN(Cc1ccccc1)c1ccc(Cl)cc1)C(F)(F)F. The number of rotatable bonds is 5. The third kappa shape index (κ3) is 4.64. The maximum absolute atomic E-state index is 12.6. The Bertz CT molecular complexity index is 587. The second kappa shape index (κ2) is 7.03. The highest BCUT2D eigenvalue weighted by atomic mass is 35.5. The molecular formula is C16H15ClF3NO. The number of anilines is 1. The number of aliphatic hydroxyl groups excluding tert-OH is 1. The Kier molecular flexibility index (Phi) is 5.32. The van der Waals surface area contributed by atoms with Gasteiger partial charge in [-0.3, -0.25) is 0 Å². The molecule has 0 saturated heterocycles. The van der Waals surface area contributed by atoms with Crippen LogP contribution in [0.5, 0.6) is 0 Å². The zero-order chi connectivity index (χ0) is 16.2. The van der Waals surface area contributed by atoms with E-state index < -0.39 is 18.8 Å². The Morgan fingerprint density at radius 2 is 1.59 bits per heavy atom. The Morgan fingerprint density at radius 3 is 2.14 bits per heavy atom. The monoisotopic (exact) mass is 329 g/mol. The Labute approximate surface area is 131 Å². The summed E-state index contributed by atoms with van der Waals surface area (Å²) in [7, 11) is 0. The van der Waals surface area contributed by atoms with Gasteiger partial charge < -0.3 is 10.0 Å². The van der Waals surface area contributed by atoms with E-state index in [0.29, 0.717) is 10.7 Å². The molecule has 0 bridgehead atoms. The van der Waals surface area contributed by atoms with Crippen LogP contribution in [0.3, 0.4) is 0 Å². The predicted octanol–water partition coefficient (Wildman–Crippen LogP) is 4.27. The molecule has 0 aliphatic carbocycles. The van der Waals surface area contributed by atoms with E-state index in [1.165, 1.54) is 4.90 Å². The van der Waals surface area contributed by atoms with Crippen LogP contribution in [-0.2, 0) is 6.54 Å². The molecule has 0 saturated carbocycles. The summed E-state index contributed by atoms with van der Waals surface area (Å²) >= 11 is 5.81. The van der Waals surface area contributed by atoms with Crippen molar-refractivity contribution in [3.8, 4) is 0 Å². The topological polar surface area (TPSA) is 23.5 Å². The lowest BCUT2D eigenvalue weighted by Crippen LogP contribution is -2.40. The molecule has 2 nitrogen and oxygen atoms in total. The van der Waals surface area contributed by atoms with Gasteiger partial charge in [0.25, 0.3) is 0 Å². The van der Waals surface area contributed by atoms with Crippen LogP contribution in [0.4, 0.5) is 18.9 Å². The summed E-state index contributed by atoms with van der Waals surface area (Å²) < 4.78 is 37.9. The molecule has 1 N–H and O–H groups in total. The Morgan fingerprint density at radius 1 is 1.00 bits per heavy atom. The van der Waals surface area contributed by atoms with Crippen molar-refractivity contribution in [1.82, 2.24) is 0 Å². The van der Waals surface area contributed by atoms with Crippen molar-refractivity contribution in [3.63, 3.8) is 0 Å². The van der Waals surface area contributed by atoms with Crippen LogP contribution in [0, 0.1) is 0 Å². The highest BCUT2D eigenvalue weighted by Gasteiger charge is 2.39. The molecule has 6 heteroatoms. The van der Waals surface area contributed by atoms with Crippen molar-refractivity contribution in [2.45, 2.75) is 18.8 Å². The van der Waals surface area contributed by atoms with E-state index in [9.17, 15) is 18.3 Å². The molecule has 2 aromatic rings. The van der Waals surface area contributed by atoms with Crippen LogP contribution < -0.4 is 4.90 Å². The maximum atomic E-state index is 12.6. The molecule has 22 heavy (non-hydrogen) atoms. The van der Waals surface area contributed by atoms with Crippen molar-refractivity contribution in [2.75, 3.05) is 11.4 Å². The second-order valence-corrected chi connectivity index (χ2v) is 5.34. The van der Waals surface area contributed by atoms with E-state index in [0.717, 1.165) is 5.56 Å². The highest BCUT2D eigenvalue weighted by Crippen LogP contribution is 2.25. The van der Waals surface area contributed by atoms with Gasteiger partial charge in [0.15, 0.2) is 6.10 Å². The number of benzene rings is 2. The summed E-state index contributed by atoms with van der Waals surface area (Å²) in [4.78, 5) is 1.48. The third-order valence-corrected chi connectivity index (χ3v) is 3.43. The largest absolute Gasteiger partial charge is 0.416 e. The van der Waals surface area contributed by atoms with Gasteiger partial charge in [0.05, 0.1) is 6.54 Å². The molecule has 0 aliphatic heterocycles. The molecule has 0 heterocycles. The van der Waals surface area contributed by atoms with Crippen LogP contribution in [-0.4, -0.2) is 23.9 Å². The number of hydrogen-bond donors (Lipinski definition) is 1. The van der Waals surface area contributed by atoms with Gasteiger partial charge in [-0.2, -0.15) is 13.2 Å². The van der Waals surface area contributed by atoms with E-state index >= 15 is 0 Å². The molecule has 1 atom stereocenters. The lowest BCUT2D eigenvalue weighted by Gasteiger charge is -2.28. The van der Waals surface area contributed by atoms with Gasteiger partial charge in [-0.05, 0) is 29.8 Å². The van der Waals surface area contributed by atoms with Crippen molar-refractivity contribution in [1.29, 1.82) is 0 Å². The minimum absolute atomic E-state index is 0.260. The summed E-state index contributed by atoms with van der Waals surface area (Å²) in [5.74, 6) is 0. The zero-order valence-corrected chi connectivity index (χ0v) is 12.3. The van der Waals surface area contributed by atoms with Gasteiger partial charge >= 0.3 is 6.18 Å². The molecule has 0 aliphatic rings. The Hall–Kier alpha value is -1.72. The molecule has 0 radical (unpaired) electrons. The normalized spacial score (nSPS) is 13.0. The van der Waals surface area contributed by atoms with E-state index in [1.807, 2.05) is 30.3 Å². The fourth-order valence-corrected chi connectivity index (χ4v) is 2.16. The quantitative estimate of drug-likeness (QED) is 0.885. The molecular weight excluding hydrogens is 315 g/mol. The first-order chi connectivity index (χ1) is 10.4. The average Bonchev–Trinajstić information content (AvgIpc) is 2.47. The van der Waals surface area contributed by atoms with Gasteiger partial charge in [0, 0.05) is 17.3 Å². The summed E-state index contributed by atoms with van der Waals surface area (Å²) in [6.45, 7) is -0.282. The number of hydrogen-bond acceptors (Lipinski definition) is 2. The zero-order valence-electron chi connectivity index (χ0n) is 11.6. The minimum atomic E-state index is -4.65. The van der Waals surface area contributed by atoms with E-state index in [-0.39, 0.29) is 6.54 Å². The molecule has 1 unspecified atom stereocenters. The highest BCUT2D eigenvalue weighted by molar-refractivity contribution is 6.30. The summed E-state index contributed by atoms with van der Waals surface area (Å²) in [6, 6.07) is 15.6. The van der Waals surface area contributed by atoms with Crippen LogP contribution in [0.1, 0.15) is 5.56 Å². The van der Waals surface area contributed by atoms with E-state index in [1.54, 1.807) is 24.3 Å². The van der Waals surface area contributed by atoms with Gasteiger partial charge in [-0.15, -0.1) is 0 Å². The van der Waals surface area contributed by atoms with Crippen LogP contribution in [0.25, 0.3) is 0 Å². The molecule has 0 amide bonds. The number of nitrogens with zero attached hydrogens (tertiary/aromatic N) is 1. The summed E-state index contributed by atoms with van der Waals surface area (Å²) in [6.07, 6.45) is -7.06. The molecule has 118 valence electrons. The van der Waals surface area contributed by atoms with E-state index in [4.69, 9.17) is 11.6 Å². The van der Waals surface area contributed by atoms with Gasteiger partial charge in [0.1, 0.15) is 0 Å². The first-order valence-electron chi connectivity index (χ1n) is 6.65. The Balaban J connectivity index is 2.22. The van der Waals surface area contributed by atoms with Gasteiger partial charge in [-0.1, -0.05) is 41.9 Å². The molecule has 0 aromatic heterocycles.